The topological polar surface area (TPSA) is 60.8 Å². The Labute approximate surface area is 98.3 Å². The fourth-order valence-corrected chi connectivity index (χ4v) is 1.30. The van der Waals surface area contributed by atoms with Crippen molar-refractivity contribution in [2.24, 2.45) is 11.3 Å². The van der Waals surface area contributed by atoms with Gasteiger partial charge in [-0.25, -0.2) is 0 Å². The van der Waals surface area contributed by atoms with Crippen molar-refractivity contribution in [1.29, 1.82) is 0 Å². The highest BCUT2D eigenvalue weighted by atomic mass is 16.3. The number of hydrogen-bond donors (Lipinski definition) is 2. The van der Waals surface area contributed by atoms with Crippen LogP contribution in [0.3, 0.4) is 0 Å². The third kappa shape index (κ3) is 5.47. The van der Waals surface area contributed by atoms with Crippen molar-refractivity contribution in [2.75, 3.05) is 26.3 Å². The summed E-state index contributed by atoms with van der Waals surface area (Å²) >= 11 is 0. The minimum atomic E-state index is -0.0599. The van der Waals surface area contributed by atoms with Crippen molar-refractivity contribution >= 4 is 5.91 Å². The van der Waals surface area contributed by atoms with Gasteiger partial charge >= 0.3 is 0 Å². The Kier molecular flexibility index (Phi) is 6.60. The van der Waals surface area contributed by atoms with Crippen molar-refractivity contribution in [3.8, 4) is 0 Å². The summed E-state index contributed by atoms with van der Waals surface area (Å²) in [6, 6.07) is 0. The number of nitrogens with zero attached hydrogens (tertiary/aromatic N) is 1. The molecule has 4 heteroatoms. The average molecular weight is 231 g/mol. The Bertz CT molecular complexity index is 205. The lowest BCUT2D eigenvalue weighted by Gasteiger charge is -2.29. The molecule has 0 aliphatic carbocycles. The third-order valence-electron chi connectivity index (χ3n) is 3.05. The van der Waals surface area contributed by atoms with E-state index in [4.69, 9.17) is 10.2 Å². The van der Waals surface area contributed by atoms with E-state index in [-0.39, 0.29) is 30.5 Å². The highest BCUT2D eigenvalue weighted by Gasteiger charge is 2.24. The van der Waals surface area contributed by atoms with Gasteiger partial charge in [0.1, 0.15) is 0 Å². The molecule has 1 unspecified atom stereocenters. The van der Waals surface area contributed by atoms with E-state index in [1.807, 2.05) is 6.92 Å². The van der Waals surface area contributed by atoms with Crippen LogP contribution in [0.2, 0.25) is 0 Å². The summed E-state index contributed by atoms with van der Waals surface area (Å²) in [5.74, 6) is 0.283. The second-order valence-electron chi connectivity index (χ2n) is 5.30. The summed E-state index contributed by atoms with van der Waals surface area (Å²) in [4.78, 5) is 13.4. The van der Waals surface area contributed by atoms with Gasteiger partial charge in [-0.05, 0) is 11.3 Å². The molecule has 0 rings (SSSR count). The van der Waals surface area contributed by atoms with Gasteiger partial charge in [0.2, 0.25) is 5.91 Å². The number of carbonyl (C=O) groups is 1. The number of rotatable bonds is 6. The molecule has 0 spiro atoms. The Hall–Kier alpha value is -0.610. The van der Waals surface area contributed by atoms with Gasteiger partial charge in [-0.15, -0.1) is 0 Å². The van der Waals surface area contributed by atoms with Crippen molar-refractivity contribution in [2.45, 2.75) is 34.1 Å². The van der Waals surface area contributed by atoms with Crippen LogP contribution in [-0.4, -0.2) is 47.3 Å². The van der Waals surface area contributed by atoms with E-state index < -0.39 is 0 Å². The second-order valence-corrected chi connectivity index (χ2v) is 5.30. The highest BCUT2D eigenvalue weighted by Crippen LogP contribution is 2.28. The zero-order valence-corrected chi connectivity index (χ0v) is 10.9. The first-order valence-corrected chi connectivity index (χ1v) is 5.82. The maximum absolute atomic E-state index is 11.9. The summed E-state index contributed by atoms with van der Waals surface area (Å²) in [6.45, 7) is 8.85. The van der Waals surface area contributed by atoms with E-state index in [2.05, 4.69) is 20.8 Å². The van der Waals surface area contributed by atoms with Gasteiger partial charge in [0.25, 0.3) is 0 Å². The van der Waals surface area contributed by atoms with Gasteiger partial charge in [-0.2, -0.15) is 0 Å². The molecule has 2 N–H and O–H groups in total. The summed E-state index contributed by atoms with van der Waals surface area (Å²) in [5, 5.41) is 17.7. The lowest BCUT2D eigenvalue weighted by Crippen LogP contribution is -2.37. The molecule has 16 heavy (non-hydrogen) atoms. The fourth-order valence-electron chi connectivity index (χ4n) is 1.30. The Morgan fingerprint density at radius 1 is 1.19 bits per heavy atom. The molecule has 96 valence electrons. The third-order valence-corrected chi connectivity index (χ3v) is 3.05. The van der Waals surface area contributed by atoms with E-state index in [1.165, 1.54) is 4.90 Å². The van der Waals surface area contributed by atoms with Crippen LogP contribution in [0.1, 0.15) is 34.1 Å². The first-order valence-electron chi connectivity index (χ1n) is 5.82. The van der Waals surface area contributed by atoms with Gasteiger partial charge in [0, 0.05) is 19.5 Å². The van der Waals surface area contributed by atoms with Gasteiger partial charge < -0.3 is 15.1 Å². The number of hydrogen-bond acceptors (Lipinski definition) is 3. The van der Waals surface area contributed by atoms with E-state index in [0.29, 0.717) is 19.5 Å². The molecule has 0 aromatic heterocycles. The van der Waals surface area contributed by atoms with Gasteiger partial charge in [0.15, 0.2) is 0 Å². The SMILES string of the molecule is CC(CC(=O)N(CCO)CCO)C(C)(C)C. The first-order chi connectivity index (χ1) is 7.32. The predicted octanol–water partition coefficient (Wildman–Crippen LogP) is 0.872. The Morgan fingerprint density at radius 2 is 1.62 bits per heavy atom. The number of carbonyl (C=O) groups excluding carboxylic acids is 1. The quantitative estimate of drug-likeness (QED) is 0.713. The molecule has 0 saturated heterocycles. The zero-order chi connectivity index (χ0) is 12.8. The zero-order valence-electron chi connectivity index (χ0n) is 10.9. The number of aliphatic hydroxyl groups excluding tert-OH is 2. The van der Waals surface area contributed by atoms with Crippen molar-refractivity contribution in [3.05, 3.63) is 0 Å². The standard InChI is InChI=1S/C12H25NO3/c1-10(12(2,3)4)9-11(16)13(5-7-14)6-8-15/h10,14-15H,5-9H2,1-4H3. The summed E-state index contributed by atoms with van der Waals surface area (Å²) in [6.07, 6.45) is 0.462. The molecule has 1 amide bonds. The maximum Gasteiger partial charge on any atom is 0.223 e. The molecule has 4 nitrogen and oxygen atoms in total. The molecule has 0 saturated carbocycles. The molecule has 0 aliphatic heterocycles. The van der Waals surface area contributed by atoms with E-state index in [9.17, 15) is 4.79 Å². The van der Waals surface area contributed by atoms with Crippen LogP contribution >= 0.6 is 0 Å². The van der Waals surface area contributed by atoms with Crippen molar-refractivity contribution < 1.29 is 15.0 Å². The lowest BCUT2D eigenvalue weighted by atomic mass is 9.80. The summed E-state index contributed by atoms with van der Waals surface area (Å²) in [5.41, 5.74) is 0.0970. The molecular formula is C12H25NO3. The molecule has 0 heterocycles. The summed E-state index contributed by atoms with van der Waals surface area (Å²) < 4.78 is 0. The van der Waals surface area contributed by atoms with E-state index in [1.54, 1.807) is 0 Å². The van der Waals surface area contributed by atoms with Crippen LogP contribution in [0, 0.1) is 11.3 Å². The van der Waals surface area contributed by atoms with Crippen LogP contribution in [0.4, 0.5) is 0 Å². The van der Waals surface area contributed by atoms with Crippen molar-refractivity contribution in [1.82, 2.24) is 4.90 Å². The normalized spacial score (nSPS) is 13.6. The lowest BCUT2D eigenvalue weighted by molar-refractivity contribution is -0.134. The molecule has 0 radical (unpaired) electrons. The van der Waals surface area contributed by atoms with Crippen molar-refractivity contribution in [3.63, 3.8) is 0 Å². The van der Waals surface area contributed by atoms with Crippen LogP contribution in [0.25, 0.3) is 0 Å². The van der Waals surface area contributed by atoms with E-state index >= 15 is 0 Å². The molecule has 0 bridgehead atoms. The maximum atomic E-state index is 11.9. The number of aliphatic hydroxyl groups is 2. The molecular weight excluding hydrogens is 206 g/mol. The molecule has 0 fully saturated rings. The Balaban J connectivity index is 4.29. The minimum Gasteiger partial charge on any atom is -0.395 e. The predicted molar refractivity (Wildman–Crippen MR) is 64.0 cm³/mol. The van der Waals surface area contributed by atoms with Gasteiger partial charge in [0.05, 0.1) is 13.2 Å². The highest BCUT2D eigenvalue weighted by molar-refractivity contribution is 5.76. The van der Waals surface area contributed by atoms with Crippen LogP contribution < -0.4 is 0 Å². The smallest absolute Gasteiger partial charge is 0.223 e. The minimum absolute atomic E-state index is 0.00512. The Morgan fingerprint density at radius 3 is 1.94 bits per heavy atom. The van der Waals surface area contributed by atoms with Gasteiger partial charge in [-0.3, -0.25) is 4.79 Å². The molecule has 0 aromatic carbocycles. The first kappa shape index (κ1) is 15.4. The van der Waals surface area contributed by atoms with Crippen LogP contribution in [0.5, 0.6) is 0 Å². The molecule has 0 aliphatic rings. The molecule has 1 atom stereocenters. The summed E-state index contributed by atoms with van der Waals surface area (Å²) in [7, 11) is 0. The van der Waals surface area contributed by atoms with E-state index in [0.717, 1.165) is 0 Å². The molecule has 0 aromatic rings. The van der Waals surface area contributed by atoms with Gasteiger partial charge in [-0.1, -0.05) is 27.7 Å². The average Bonchev–Trinajstić information content (AvgIpc) is 2.15. The second kappa shape index (κ2) is 6.86. The van der Waals surface area contributed by atoms with Crippen LogP contribution in [-0.2, 0) is 4.79 Å². The number of amides is 1. The largest absolute Gasteiger partial charge is 0.395 e. The fraction of sp³-hybridized carbons (Fsp3) is 0.917. The monoisotopic (exact) mass is 231 g/mol. The van der Waals surface area contributed by atoms with Crippen LogP contribution in [0.15, 0.2) is 0 Å².